The lowest BCUT2D eigenvalue weighted by Crippen LogP contribution is -2.50. The molecule has 0 radical (unpaired) electrons. The second kappa shape index (κ2) is 10.1. The number of para-hydroxylation sites is 1. The second-order valence-electron chi connectivity index (χ2n) is 6.91. The number of anilines is 1. The Morgan fingerprint density at radius 2 is 1.79 bits per heavy atom. The Bertz CT molecular complexity index is 892. The van der Waals surface area contributed by atoms with Crippen molar-refractivity contribution in [2.24, 2.45) is 0 Å². The summed E-state index contributed by atoms with van der Waals surface area (Å²) in [7, 11) is -2.26. The van der Waals surface area contributed by atoms with Gasteiger partial charge in [-0.2, -0.15) is 0 Å². The largest absolute Gasteiger partial charge is 0.496 e. The number of benzene rings is 2. The zero-order valence-electron chi connectivity index (χ0n) is 16.3. The molecular weight excluding hydrogens is 508 g/mol. The van der Waals surface area contributed by atoms with Crippen molar-refractivity contribution in [1.82, 2.24) is 4.72 Å². The molecule has 1 unspecified atom stereocenters. The van der Waals surface area contributed by atoms with Crippen LogP contribution in [-0.4, -0.2) is 27.6 Å². The molecule has 0 aliphatic carbocycles. The van der Waals surface area contributed by atoms with Crippen molar-refractivity contribution in [3.8, 4) is 5.75 Å². The number of hydrogen-bond donors (Lipinski definition) is 2. The van der Waals surface area contributed by atoms with Gasteiger partial charge in [0, 0.05) is 28.3 Å². The van der Waals surface area contributed by atoms with Crippen LogP contribution in [0.15, 0.2) is 56.3 Å². The maximum Gasteiger partial charge on any atom is 0.242 e. The van der Waals surface area contributed by atoms with Crippen LogP contribution in [0.25, 0.3) is 0 Å². The first kappa shape index (κ1) is 23.2. The molecule has 0 spiro atoms. The third-order valence-electron chi connectivity index (χ3n) is 4.42. The molecule has 2 aromatic carbocycles. The number of ether oxygens (including phenoxy) is 1. The molecular formula is C20H26Br2N2O3S. The van der Waals surface area contributed by atoms with Crippen LogP contribution < -0.4 is 14.8 Å². The van der Waals surface area contributed by atoms with E-state index in [1.165, 1.54) is 13.2 Å². The SMILES string of the molecule is CCCCC(C)(CNc1ccccc1)NS(=O)(=O)c1cc(OC)c(Br)cc1Br. The lowest BCUT2D eigenvalue weighted by molar-refractivity contribution is 0.391. The minimum Gasteiger partial charge on any atom is -0.496 e. The zero-order chi connectivity index (χ0) is 20.8. The number of sulfonamides is 1. The molecule has 2 N–H and O–H groups in total. The molecule has 0 saturated carbocycles. The summed E-state index contributed by atoms with van der Waals surface area (Å²) >= 11 is 6.74. The highest BCUT2D eigenvalue weighted by Crippen LogP contribution is 2.34. The summed E-state index contributed by atoms with van der Waals surface area (Å²) in [4.78, 5) is 0.148. The van der Waals surface area contributed by atoms with Gasteiger partial charge in [-0.05, 0) is 63.4 Å². The van der Waals surface area contributed by atoms with E-state index in [1.54, 1.807) is 6.07 Å². The van der Waals surface area contributed by atoms with Gasteiger partial charge in [-0.15, -0.1) is 0 Å². The van der Waals surface area contributed by atoms with Crippen molar-refractivity contribution in [3.05, 3.63) is 51.4 Å². The molecule has 2 aromatic rings. The number of rotatable bonds is 10. The van der Waals surface area contributed by atoms with E-state index in [0.717, 1.165) is 18.5 Å². The van der Waals surface area contributed by atoms with Crippen molar-refractivity contribution >= 4 is 47.6 Å². The van der Waals surface area contributed by atoms with Gasteiger partial charge in [0.05, 0.1) is 16.5 Å². The first-order valence-electron chi connectivity index (χ1n) is 9.07. The van der Waals surface area contributed by atoms with E-state index >= 15 is 0 Å². The molecule has 8 heteroatoms. The molecule has 0 aromatic heterocycles. The average Bonchev–Trinajstić information content (AvgIpc) is 2.65. The van der Waals surface area contributed by atoms with Gasteiger partial charge in [-0.3, -0.25) is 0 Å². The van der Waals surface area contributed by atoms with Crippen LogP contribution in [0.4, 0.5) is 5.69 Å². The highest BCUT2D eigenvalue weighted by molar-refractivity contribution is 9.11. The molecule has 28 heavy (non-hydrogen) atoms. The Labute approximate surface area is 184 Å². The fraction of sp³-hybridized carbons (Fsp3) is 0.400. The van der Waals surface area contributed by atoms with Gasteiger partial charge in [-0.1, -0.05) is 38.0 Å². The highest BCUT2D eigenvalue weighted by atomic mass is 79.9. The lowest BCUT2D eigenvalue weighted by Gasteiger charge is -2.31. The summed E-state index contributed by atoms with van der Waals surface area (Å²) < 4.78 is 35.7. The minimum absolute atomic E-state index is 0.148. The number of nitrogens with one attached hydrogen (secondary N) is 2. The Morgan fingerprint density at radius 1 is 1.11 bits per heavy atom. The fourth-order valence-corrected chi connectivity index (χ4v) is 6.15. The first-order chi connectivity index (χ1) is 13.2. The summed E-state index contributed by atoms with van der Waals surface area (Å²) in [5, 5.41) is 3.34. The number of unbranched alkanes of at least 4 members (excludes halogenated alkanes) is 1. The van der Waals surface area contributed by atoms with E-state index < -0.39 is 15.6 Å². The third kappa shape index (κ3) is 6.20. The standard InChI is InChI=1S/C20H26Br2N2O3S/c1-4-5-11-20(2,14-23-15-9-7-6-8-10-15)24-28(25,26)19-13-18(27-3)16(21)12-17(19)22/h6-10,12-13,23-24H,4-5,11,14H2,1-3H3. The van der Waals surface area contributed by atoms with E-state index in [1.807, 2.05) is 37.3 Å². The smallest absolute Gasteiger partial charge is 0.242 e. The molecule has 0 amide bonds. The maximum atomic E-state index is 13.2. The van der Waals surface area contributed by atoms with Crippen molar-refractivity contribution < 1.29 is 13.2 Å². The summed E-state index contributed by atoms with van der Waals surface area (Å²) in [6, 6.07) is 13.0. The normalized spacial score (nSPS) is 13.8. The molecule has 0 aliphatic heterocycles. The highest BCUT2D eigenvalue weighted by Gasteiger charge is 2.32. The lowest BCUT2D eigenvalue weighted by atomic mass is 9.96. The van der Waals surface area contributed by atoms with E-state index in [0.29, 0.717) is 27.7 Å². The van der Waals surface area contributed by atoms with E-state index in [2.05, 4.69) is 48.8 Å². The molecule has 154 valence electrons. The predicted molar refractivity (Wildman–Crippen MR) is 122 cm³/mol. The molecule has 0 bridgehead atoms. The van der Waals surface area contributed by atoms with Gasteiger partial charge in [0.2, 0.25) is 10.0 Å². The number of halogens is 2. The Kier molecular flexibility index (Phi) is 8.36. The van der Waals surface area contributed by atoms with Gasteiger partial charge in [-0.25, -0.2) is 13.1 Å². The molecule has 5 nitrogen and oxygen atoms in total. The molecule has 0 aliphatic rings. The summed E-state index contributed by atoms with van der Waals surface area (Å²) in [5.41, 5.74) is 0.306. The zero-order valence-corrected chi connectivity index (χ0v) is 20.2. The summed E-state index contributed by atoms with van der Waals surface area (Å²) in [6.45, 7) is 4.50. The quantitative estimate of drug-likeness (QED) is 0.419. The second-order valence-corrected chi connectivity index (χ2v) is 10.3. The van der Waals surface area contributed by atoms with Crippen molar-refractivity contribution in [2.75, 3.05) is 19.0 Å². The first-order valence-corrected chi connectivity index (χ1v) is 12.1. The van der Waals surface area contributed by atoms with Crippen LogP contribution in [0.2, 0.25) is 0 Å². The number of methoxy groups -OCH3 is 1. The average molecular weight is 534 g/mol. The summed E-state index contributed by atoms with van der Waals surface area (Å²) in [5.74, 6) is 0.459. The Hall–Kier alpha value is -1.09. The molecule has 0 heterocycles. The fourth-order valence-electron chi connectivity index (χ4n) is 2.85. The van der Waals surface area contributed by atoms with Crippen LogP contribution in [0.1, 0.15) is 33.1 Å². The van der Waals surface area contributed by atoms with Crippen LogP contribution in [-0.2, 0) is 10.0 Å². The van der Waals surface area contributed by atoms with Gasteiger partial charge >= 0.3 is 0 Å². The van der Waals surface area contributed by atoms with Crippen molar-refractivity contribution in [3.63, 3.8) is 0 Å². The van der Waals surface area contributed by atoms with Crippen LogP contribution in [0, 0.1) is 0 Å². The molecule has 0 saturated heterocycles. The van der Waals surface area contributed by atoms with Gasteiger partial charge in [0.15, 0.2) is 0 Å². The van der Waals surface area contributed by atoms with Gasteiger partial charge < -0.3 is 10.1 Å². The summed E-state index contributed by atoms with van der Waals surface area (Å²) in [6.07, 6.45) is 2.62. The predicted octanol–water partition coefficient (Wildman–Crippen LogP) is 5.56. The molecule has 1 atom stereocenters. The maximum absolute atomic E-state index is 13.2. The van der Waals surface area contributed by atoms with Crippen LogP contribution in [0.5, 0.6) is 5.75 Å². The van der Waals surface area contributed by atoms with E-state index in [-0.39, 0.29) is 4.90 Å². The Balaban J connectivity index is 2.29. The minimum atomic E-state index is -3.77. The topological polar surface area (TPSA) is 67.4 Å². The van der Waals surface area contributed by atoms with Gasteiger partial charge in [0.25, 0.3) is 0 Å². The third-order valence-corrected chi connectivity index (χ3v) is 7.63. The van der Waals surface area contributed by atoms with E-state index in [9.17, 15) is 8.42 Å². The van der Waals surface area contributed by atoms with Crippen molar-refractivity contribution in [1.29, 1.82) is 0 Å². The number of hydrogen-bond acceptors (Lipinski definition) is 4. The molecule has 2 rings (SSSR count). The van der Waals surface area contributed by atoms with Gasteiger partial charge in [0.1, 0.15) is 5.75 Å². The van der Waals surface area contributed by atoms with Crippen LogP contribution in [0.3, 0.4) is 0 Å². The van der Waals surface area contributed by atoms with E-state index in [4.69, 9.17) is 4.74 Å². The monoisotopic (exact) mass is 532 g/mol. The molecule has 0 fully saturated rings. The van der Waals surface area contributed by atoms with Crippen LogP contribution >= 0.6 is 31.9 Å². The Morgan fingerprint density at radius 3 is 2.39 bits per heavy atom. The van der Waals surface area contributed by atoms with Crippen molar-refractivity contribution in [2.45, 2.75) is 43.5 Å².